The van der Waals surface area contributed by atoms with Gasteiger partial charge < -0.3 is 10.1 Å². The van der Waals surface area contributed by atoms with Crippen LogP contribution in [0.5, 0.6) is 5.75 Å². The average molecular weight is 244 g/mol. The minimum Gasteiger partial charge on any atom is -0.463 e. The summed E-state index contributed by atoms with van der Waals surface area (Å²) in [7, 11) is -2.65. The number of amides is 1. The van der Waals surface area contributed by atoms with Crippen LogP contribution < -0.4 is 10.1 Å². The number of benzene rings is 1. The zero-order chi connectivity index (χ0) is 12.0. The van der Waals surface area contributed by atoms with Gasteiger partial charge in [0.05, 0.1) is 0 Å². The molecule has 1 aromatic rings. The van der Waals surface area contributed by atoms with Crippen LogP contribution in [0.25, 0.3) is 0 Å². The molecule has 1 atom stereocenters. The topological polar surface area (TPSA) is 84.9 Å². The van der Waals surface area contributed by atoms with Gasteiger partial charge in [0.25, 0.3) is 0 Å². The lowest BCUT2D eigenvalue weighted by Crippen LogP contribution is -2.05. The summed E-state index contributed by atoms with van der Waals surface area (Å²) < 4.78 is 19.5. The van der Waals surface area contributed by atoms with Gasteiger partial charge in [0.15, 0.2) is 0 Å². The minimum absolute atomic E-state index is 0.158. The van der Waals surface area contributed by atoms with E-state index in [4.69, 9.17) is 9.63 Å². The molecular formula is C9H11NO5P+. The van der Waals surface area contributed by atoms with E-state index < -0.39 is 8.25 Å². The molecule has 7 heteroatoms. The number of carbonyl (C=O) groups is 1. The van der Waals surface area contributed by atoms with E-state index in [2.05, 4.69) is 9.84 Å². The van der Waals surface area contributed by atoms with Crippen LogP contribution >= 0.6 is 8.25 Å². The average Bonchev–Trinajstić information content (AvgIpc) is 2.19. The molecule has 0 heterocycles. The van der Waals surface area contributed by atoms with Crippen LogP contribution in [-0.4, -0.2) is 17.6 Å². The number of hydrogen-bond donors (Lipinski definition) is 2. The standard InChI is InChI=1S/C9H10NO5P/c1-7(11)10-8-2-4-9(5-3-8)14-6-15-16(12)13/h2-5H,6H2,1H3,(H-,10,11,12,13)/p+1. The molecule has 0 saturated heterocycles. The van der Waals surface area contributed by atoms with Gasteiger partial charge in [-0.3, -0.25) is 4.79 Å². The zero-order valence-corrected chi connectivity index (χ0v) is 9.44. The number of rotatable bonds is 5. The first-order valence-corrected chi connectivity index (χ1v) is 5.50. The van der Waals surface area contributed by atoms with Gasteiger partial charge in [-0.05, 0) is 24.3 Å². The van der Waals surface area contributed by atoms with E-state index in [0.29, 0.717) is 11.4 Å². The summed E-state index contributed by atoms with van der Waals surface area (Å²) in [5.74, 6) is 0.320. The lowest BCUT2D eigenvalue weighted by molar-refractivity contribution is -0.114. The van der Waals surface area contributed by atoms with Crippen LogP contribution in [0.3, 0.4) is 0 Å². The third-order valence-electron chi connectivity index (χ3n) is 1.56. The Morgan fingerprint density at radius 3 is 2.56 bits per heavy atom. The van der Waals surface area contributed by atoms with E-state index in [0.717, 1.165) is 0 Å². The van der Waals surface area contributed by atoms with Crippen LogP contribution in [0.4, 0.5) is 5.69 Å². The summed E-state index contributed by atoms with van der Waals surface area (Å²) in [6.45, 7) is 1.11. The third kappa shape index (κ3) is 4.84. The fraction of sp³-hybridized carbons (Fsp3) is 0.222. The maximum Gasteiger partial charge on any atom is 0.698 e. The van der Waals surface area contributed by atoms with Gasteiger partial charge in [0.2, 0.25) is 12.7 Å². The number of hydrogen-bond acceptors (Lipinski definition) is 4. The summed E-state index contributed by atoms with van der Waals surface area (Å²) in [5.41, 5.74) is 0.647. The number of nitrogens with one attached hydrogen (secondary N) is 1. The van der Waals surface area contributed by atoms with Crippen molar-refractivity contribution in [3.8, 4) is 5.75 Å². The Morgan fingerprint density at radius 1 is 1.44 bits per heavy atom. The molecular weight excluding hydrogens is 233 g/mol. The van der Waals surface area contributed by atoms with Crippen molar-refractivity contribution in [1.29, 1.82) is 0 Å². The Labute approximate surface area is 93.1 Å². The van der Waals surface area contributed by atoms with Gasteiger partial charge in [0, 0.05) is 17.2 Å². The second kappa shape index (κ2) is 6.17. The Morgan fingerprint density at radius 2 is 2.06 bits per heavy atom. The van der Waals surface area contributed by atoms with Gasteiger partial charge in [-0.15, -0.1) is 4.89 Å². The van der Waals surface area contributed by atoms with Crippen molar-refractivity contribution in [3.63, 3.8) is 0 Å². The number of anilines is 1. The molecule has 86 valence electrons. The first kappa shape index (κ1) is 12.6. The molecule has 6 nitrogen and oxygen atoms in total. The Bertz CT molecular complexity index is 378. The summed E-state index contributed by atoms with van der Waals surface area (Å²) in [4.78, 5) is 19.1. The van der Waals surface area contributed by atoms with Crippen LogP contribution in [0.2, 0.25) is 0 Å². The molecule has 0 aliphatic rings. The highest BCUT2D eigenvalue weighted by Crippen LogP contribution is 2.18. The maximum atomic E-state index is 10.7. The van der Waals surface area contributed by atoms with Crippen molar-refractivity contribution in [1.82, 2.24) is 0 Å². The molecule has 0 spiro atoms. The summed E-state index contributed by atoms with van der Waals surface area (Å²) >= 11 is 0. The fourth-order valence-electron chi connectivity index (χ4n) is 0.977. The van der Waals surface area contributed by atoms with E-state index in [9.17, 15) is 9.36 Å². The molecule has 0 fully saturated rings. The zero-order valence-electron chi connectivity index (χ0n) is 8.54. The highest BCUT2D eigenvalue weighted by atomic mass is 31.1. The lowest BCUT2D eigenvalue weighted by atomic mass is 10.3. The Kier molecular flexibility index (Phi) is 4.85. The van der Waals surface area contributed by atoms with Crippen molar-refractivity contribution in [2.24, 2.45) is 0 Å². The first-order valence-electron chi connectivity index (χ1n) is 4.37. The SMILES string of the molecule is CC(=O)Nc1ccc(OCO[P+](=O)O)cc1. The molecule has 16 heavy (non-hydrogen) atoms. The lowest BCUT2D eigenvalue weighted by Gasteiger charge is -2.04. The van der Waals surface area contributed by atoms with E-state index >= 15 is 0 Å². The predicted molar refractivity (Wildman–Crippen MR) is 57.2 cm³/mol. The second-order valence-electron chi connectivity index (χ2n) is 2.83. The van der Waals surface area contributed by atoms with Crippen molar-refractivity contribution < 1.29 is 23.5 Å². The Hall–Kier alpha value is -1.49. The van der Waals surface area contributed by atoms with E-state index in [1.165, 1.54) is 6.92 Å². The molecule has 2 N–H and O–H groups in total. The molecule has 1 rings (SSSR count). The third-order valence-corrected chi connectivity index (χ3v) is 1.89. The first-order chi connectivity index (χ1) is 7.58. The van der Waals surface area contributed by atoms with Gasteiger partial charge in [-0.1, -0.05) is 4.52 Å². The number of carbonyl (C=O) groups excluding carboxylic acids is 1. The second-order valence-corrected chi connectivity index (χ2v) is 3.57. The molecule has 1 amide bonds. The highest BCUT2D eigenvalue weighted by Gasteiger charge is 2.11. The monoisotopic (exact) mass is 244 g/mol. The van der Waals surface area contributed by atoms with Gasteiger partial charge in [0.1, 0.15) is 5.75 Å². The molecule has 0 radical (unpaired) electrons. The van der Waals surface area contributed by atoms with Crippen molar-refractivity contribution >= 4 is 19.8 Å². The fourth-order valence-corrected chi connectivity index (χ4v) is 1.12. The van der Waals surface area contributed by atoms with Gasteiger partial charge in [-0.25, -0.2) is 0 Å². The van der Waals surface area contributed by atoms with E-state index in [1.807, 2.05) is 0 Å². The van der Waals surface area contributed by atoms with Crippen molar-refractivity contribution in [3.05, 3.63) is 24.3 Å². The summed E-state index contributed by atoms with van der Waals surface area (Å²) in [6.07, 6.45) is 0. The van der Waals surface area contributed by atoms with Crippen LogP contribution in [0.1, 0.15) is 6.92 Å². The van der Waals surface area contributed by atoms with E-state index in [1.54, 1.807) is 24.3 Å². The number of ether oxygens (including phenoxy) is 1. The molecule has 0 aliphatic carbocycles. The predicted octanol–water partition coefficient (Wildman–Crippen LogP) is 1.65. The largest absolute Gasteiger partial charge is 0.698 e. The molecule has 0 saturated carbocycles. The van der Waals surface area contributed by atoms with Gasteiger partial charge in [-0.2, -0.15) is 0 Å². The van der Waals surface area contributed by atoms with Gasteiger partial charge >= 0.3 is 8.25 Å². The highest BCUT2D eigenvalue weighted by molar-refractivity contribution is 7.32. The van der Waals surface area contributed by atoms with Crippen molar-refractivity contribution in [2.45, 2.75) is 6.92 Å². The molecule has 1 unspecified atom stereocenters. The Balaban J connectivity index is 2.45. The maximum absolute atomic E-state index is 10.7. The van der Waals surface area contributed by atoms with E-state index in [-0.39, 0.29) is 12.7 Å². The van der Waals surface area contributed by atoms with Crippen LogP contribution in [0, 0.1) is 0 Å². The smallest absolute Gasteiger partial charge is 0.463 e. The molecule has 1 aromatic carbocycles. The molecule has 0 aromatic heterocycles. The summed E-state index contributed by atoms with van der Waals surface area (Å²) in [5, 5.41) is 2.59. The molecule has 0 aliphatic heterocycles. The molecule has 0 bridgehead atoms. The normalized spacial score (nSPS) is 10.8. The minimum atomic E-state index is -2.65. The quantitative estimate of drug-likeness (QED) is 0.607. The van der Waals surface area contributed by atoms with Crippen LogP contribution in [0.15, 0.2) is 24.3 Å². The summed E-state index contributed by atoms with van der Waals surface area (Å²) in [6, 6.07) is 6.52. The van der Waals surface area contributed by atoms with Crippen molar-refractivity contribution in [2.75, 3.05) is 12.1 Å². The van der Waals surface area contributed by atoms with Crippen LogP contribution in [-0.2, 0) is 13.9 Å².